The third kappa shape index (κ3) is 5.01. The van der Waals surface area contributed by atoms with Crippen molar-refractivity contribution in [1.29, 1.82) is 0 Å². The quantitative estimate of drug-likeness (QED) is 0.506. The van der Waals surface area contributed by atoms with Crippen molar-refractivity contribution in [2.75, 3.05) is 6.61 Å². The number of halogens is 1. The van der Waals surface area contributed by atoms with E-state index in [1.54, 1.807) is 6.08 Å². The third-order valence-corrected chi connectivity index (χ3v) is 2.27. The fourth-order valence-electron chi connectivity index (χ4n) is 1.26. The van der Waals surface area contributed by atoms with E-state index in [2.05, 4.69) is 5.16 Å². The average Bonchev–Trinajstić information content (AvgIpc) is 2.26. The normalized spacial score (nSPS) is 11.8. The Morgan fingerprint density at radius 1 is 1.50 bits per heavy atom. The zero-order chi connectivity index (χ0) is 13.5. The first-order valence-corrected chi connectivity index (χ1v) is 5.70. The van der Waals surface area contributed by atoms with Crippen LogP contribution in [-0.2, 0) is 9.63 Å². The lowest BCUT2D eigenvalue weighted by atomic mass is 10.1. The molecule has 1 rings (SSSR count). The van der Waals surface area contributed by atoms with Gasteiger partial charge in [0.1, 0.15) is 6.61 Å². The average molecular weight is 268 g/mol. The summed E-state index contributed by atoms with van der Waals surface area (Å²) in [6, 6.07) is 5.68. The van der Waals surface area contributed by atoms with Crippen LogP contribution in [0.15, 0.2) is 29.4 Å². The Balaban J connectivity index is 2.51. The summed E-state index contributed by atoms with van der Waals surface area (Å²) in [4.78, 5) is 15.2. The number of aliphatic carboxylic acids is 1. The summed E-state index contributed by atoms with van der Waals surface area (Å²) in [5, 5.41) is 12.6. The van der Waals surface area contributed by atoms with E-state index in [0.717, 1.165) is 11.1 Å². The maximum absolute atomic E-state index is 10.4. The Morgan fingerprint density at radius 3 is 2.83 bits per heavy atom. The standard InChI is InChI=1S/C13H14ClNO3/c1-9-6-11(8-12(14)7-9)4-3-5-18-15-10(2)13(16)17/h3-4,6-8H,5H2,1-2H3,(H,16,17)/b4-3+,15-10?. The van der Waals surface area contributed by atoms with E-state index in [1.165, 1.54) is 6.92 Å². The van der Waals surface area contributed by atoms with Crippen molar-refractivity contribution >= 4 is 29.4 Å². The summed E-state index contributed by atoms with van der Waals surface area (Å²) in [7, 11) is 0. The molecule has 0 saturated carbocycles. The van der Waals surface area contributed by atoms with E-state index in [4.69, 9.17) is 21.5 Å². The molecule has 0 aliphatic heterocycles. The number of aryl methyl sites for hydroxylation is 1. The molecule has 0 radical (unpaired) electrons. The SMILES string of the molecule is CC(=NOC/C=C/c1cc(C)cc(Cl)c1)C(=O)O. The van der Waals surface area contributed by atoms with Crippen LogP contribution in [-0.4, -0.2) is 23.4 Å². The van der Waals surface area contributed by atoms with Crippen LogP contribution in [0.3, 0.4) is 0 Å². The molecule has 0 heterocycles. The van der Waals surface area contributed by atoms with E-state index in [1.807, 2.05) is 31.2 Å². The molecule has 1 N–H and O–H groups in total. The van der Waals surface area contributed by atoms with Crippen molar-refractivity contribution in [3.05, 3.63) is 40.4 Å². The molecule has 0 fully saturated rings. The van der Waals surface area contributed by atoms with Crippen LogP contribution >= 0.6 is 11.6 Å². The second-order valence-electron chi connectivity index (χ2n) is 3.74. The molecular formula is C13H14ClNO3. The molecule has 4 nitrogen and oxygen atoms in total. The molecule has 0 aromatic heterocycles. The van der Waals surface area contributed by atoms with Gasteiger partial charge in [-0.1, -0.05) is 28.9 Å². The zero-order valence-corrected chi connectivity index (χ0v) is 10.9. The molecule has 0 spiro atoms. The Labute approximate surface area is 111 Å². The smallest absolute Gasteiger partial charge is 0.353 e. The number of nitrogens with zero attached hydrogens (tertiary/aromatic N) is 1. The van der Waals surface area contributed by atoms with Gasteiger partial charge in [-0.2, -0.15) is 0 Å². The first-order valence-electron chi connectivity index (χ1n) is 5.32. The highest BCUT2D eigenvalue weighted by molar-refractivity contribution is 6.34. The van der Waals surface area contributed by atoms with Gasteiger partial charge in [-0.3, -0.25) is 0 Å². The lowest BCUT2D eigenvalue weighted by molar-refractivity contribution is -0.129. The van der Waals surface area contributed by atoms with E-state index >= 15 is 0 Å². The van der Waals surface area contributed by atoms with Crippen molar-refractivity contribution in [2.24, 2.45) is 5.16 Å². The monoisotopic (exact) mass is 267 g/mol. The Kier molecular flexibility index (Phi) is 5.39. The summed E-state index contributed by atoms with van der Waals surface area (Å²) >= 11 is 5.91. The summed E-state index contributed by atoms with van der Waals surface area (Å²) in [6.07, 6.45) is 3.58. The van der Waals surface area contributed by atoms with Crippen molar-refractivity contribution in [3.63, 3.8) is 0 Å². The minimum atomic E-state index is -1.09. The van der Waals surface area contributed by atoms with Crippen LogP contribution in [0.2, 0.25) is 5.02 Å². The molecular weight excluding hydrogens is 254 g/mol. The summed E-state index contributed by atoms with van der Waals surface area (Å²) in [6.45, 7) is 3.53. The zero-order valence-electron chi connectivity index (χ0n) is 10.2. The number of hydrogen-bond donors (Lipinski definition) is 1. The van der Waals surface area contributed by atoms with Crippen molar-refractivity contribution in [2.45, 2.75) is 13.8 Å². The molecule has 0 bridgehead atoms. The topological polar surface area (TPSA) is 58.9 Å². The van der Waals surface area contributed by atoms with Crippen LogP contribution in [0, 0.1) is 6.92 Å². The molecule has 0 saturated heterocycles. The van der Waals surface area contributed by atoms with Gasteiger partial charge in [0.2, 0.25) is 0 Å². The number of benzene rings is 1. The van der Waals surface area contributed by atoms with Crippen molar-refractivity contribution < 1.29 is 14.7 Å². The minimum absolute atomic E-state index is 0.0815. The molecule has 0 unspecified atom stereocenters. The van der Waals surface area contributed by atoms with Crippen molar-refractivity contribution in [3.8, 4) is 0 Å². The Bertz CT molecular complexity index is 475. The first-order chi connectivity index (χ1) is 8.49. The lowest BCUT2D eigenvalue weighted by Gasteiger charge is -1.98. The fourth-order valence-corrected chi connectivity index (χ4v) is 1.56. The van der Waals surface area contributed by atoms with Gasteiger partial charge < -0.3 is 9.94 Å². The molecule has 1 aromatic carbocycles. The largest absolute Gasteiger partial charge is 0.477 e. The molecule has 0 aliphatic rings. The number of hydrogen-bond acceptors (Lipinski definition) is 3. The third-order valence-electron chi connectivity index (χ3n) is 2.06. The van der Waals surface area contributed by atoms with Gasteiger partial charge >= 0.3 is 5.97 Å². The summed E-state index contributed by atoms with van der Waals surface area (Å²) in [5.74, 6) is -1.09. The molecule has 18 heavy (non-hydrogen) atoms. The molecule has 0 atom stereocenters. The van der Waals surface area contributed by atoms with Crippen LogP contribution in [0.4, 0.5) is 0 Å². The maximum Gasteiger partial charge on any atom is 0.353 e. The number of carboxylic acids is 1. The number of carboxylic acid groups (broad SMARTS) is 1. The summed E-state index contributed by atoms with van der Waals surface area (Å²) < 4.78 is 0. The predicted molar refractivity (Wildman–Crippen MR) is 71.9 cm³/mol. The Morgan fingerprint density at radius 2 is 2.22 bits per heavy atom. The van der Waals surface area contributed by atoms with E-state index in [-0.39, 0.29) is 12.3 Å². The van der Waals surface area contributed by atoms with E-state index < -0.39 is 5.97 Å². The van der Waals surface area contributed by atoms with Gasteiger partial charge in [0.05, 0.1) is 0 Å². The van der Waals surface area contributed by atoms with Gasteiger partial charge in [0.15, 0.2) is 5.71 Å². The van der Waals surface area contributed by atoms with Crippen LogP contribution in [0.5, 0.6) is 0 Å². The molecule has 5 heteroatoms. The highest BCUT2D eigenvalue weighted by Crippen LogP contribution is 2.15. The van der Waals surface area contributed by atoms with E-state index in [9.17, 15) is 4.79 Å². The predicted octanol–water partition coefficient (Wildman–Crippen LogP) is 3.14. The molecule has 96 valence electrons. The van der Waals surface area contributed by atoms with Gasteiger partial charge in [-0.15, -0.1) is 0 Å². The lowest BCUT2D eigenvalue weighted by Crippen LogP contribution is -2.08. The fraction of sp³-hybridized carbons (Fsp3) is 0.231. The second-order valence-corrected chi connectivity index (χ2v) is 4.18. The molecule has 0 aliphatic carbocycles. The second kappa shape index (κ2) is 6.81. The van der Waals surface area contributed by atoms with Crippen LogP contribution in [0.25, 0.3) is 6.08 Å². The number of oxime groups is 1. The van der Waals surface area contributed by atoms with Gasteiger partial charge in [-0.05, 0) is 43.2 Å². The minimum Gasteiger partial charge on any atom is -0.477 e. The highest BCUT2D eigenvalue weighted by Gasteiger charge is 2.00. The van der Waals surface area contributed by atoms with Crippen LogP contribution in [0.1, 0.15) is 18.1 Å². The molecule has 1 aromatic rings. The number of carbonyl (C=O) groups is 1. The van der Waals surface area contributed by atoms with Gasteiger partial charge in [0, 0.05) is 5.02 Å². The van der Waals surface area contributed by atoms with Crippen molar-refractivity contribution in [1.82, 2.24) is 0 Å². The van der Waals surface area contributed by atoms with Gasteiger partial charge in [0.25, 0.3) is 0 Å². The van der Waals surface area contributed by atoms with Crippen LogP contribution < -0.4 is 0 Å². The molecule has 0 amide bonds. The highest BCUT2D eigenvalue weighted by atomic mass is 35.5. The number of rotatable bonds is 5. The van der Waals surface area contributed by atoms with E-state index in [0.29, 0.717) is 5.02 Å². The maximum atomic E-state index is 10.4. The first kappa shape index (κ1) is 14.3. The summed E-state index contributed by atoms with van der Waals surface area (Å²) in [5.41, 5.74) is 1.95. The Hall–Kier alpha value is -1.81. The van der Waals surface area contributed by atoms with Gasteiger partial charge in [-0.25, -0.2) is 4.79 Å².